The van der Waals surface area contributed by atoms with E-state index >= 15 is 0 Å². The van der Waals surface area contributed by atoms with Crippen LogP contribution in [0.2, 0.25) is 5.02 Å². The average Bonchev–Trinajstić information content (AvgIpc) is 2.75. The van der Waals surface area contributed by atoms with E-state index in [1.807, 2.05) is 48.2 Å². The number of piperidine rings is 1. The molecule has 1 saturated heterocycles. The van der Waals surface area contributed by atoms with Gasteiger partial charge in [0, 0.05) is 29.2 Å². The van der Waals surface area contributed by atoms with Crippen LogP contribution in [0.1, 0.15) is 48.5 Å². The van der Waals surface area contributed by atoms with Gasteiger partial charge in [0.05, 0.1) is 22.5 Å². The Labute approximate surface area is 170 Å². The van der Waals surface area contributed by atoms with Gasteiger partial charge in [-0.15, -0.1) is 0 Å². The number of benzene rings is 1. The van der Waals surface area contributed by atoms with E-state index in [9.17, 15) is 4.79 Å². The number of carbonyl (C=O) groups is 1. The number of nitrogens with zero attached hydrogens (tertiary/aromatic N) is 3. The lowest BCUT2D eigenvalue weighted by Crippen LogP contribution is -2.43. The lowest BCUT2D eigenvalue weighted by molar-refractivity contribution is 0.0610. The summed E-state index contributed by atoms with van der Waals surface area (Å²) < 4.78 is 0. The standard InChI is InChI=1S/C23H24ClN3O/c1-3-16-8-5-7-13-27(16)23(28)18-14-21(20-9-4-6-12-25-20)26-22-15(2)19(24)11-10-17(18)22/h4,6,9-12,14,16H,3,5,7-8,13H2,1-2H3/t16-/m1/s1. The Morgan fingerprint density at radius 1 is 1.21 bits per heavy atom. The van der Waals surface area contributed by atoms with Crippen LogP contribution >= 0.6 is 11.6 Å². The molecule has 0 bridgehead atoms. The maximum absolute atomic E-state index is 13.6. The summed E-state index contributed by atoms with van der Waals surface area (Å²) >= 11 is 6.36. The van der Waals surface area contributed by atoms with Gasteiger partial charge in [-0.05, 0) is 62.4 Å². The Morgan fingerprint density at radius 2 is 2.07 bits per heavy atom. The molecular formula is C23H24ClN3O. The molecule has 0 N–H and O–H groups in total. The molecule has 3 heterocycles. The summed E-state index contributed by atoms with van der Waals surface area (Å²) in [6.45, 7) is 4.92. The van der Waals surface area contributed by atoms with E-state index in [1.54, 1.807) is 6.20 Å². The highest BCUT2D eigenvalue weighted by Crippen LogP contribution is 2.31. The number of pyridine rings is 2. The van der Waals surface area contributed by atoms with Crippen molar-refractivity contribution in [3.05, 3.63) is 58.7 Å². The zero-order valence-corrected chi connectivity index (χ0v) is 17.0. The maximum atomic E-state index is 13.6. The van der Waals surface area contributed by atoms with Gasteiger partial charge in [0.1, 0.15) is 0 Å². The van der Waals surface area contributed by atoms with Gasteiger partial charge in [0.25, 0.3) is 5.91 Å². The van der Waals surface area contributed by atoms with Crippen LogP contribution in [0.15, 0.2) is 42.6 Å². The monoisotopic (exact) mass is 393 g/mol. The molecule has 4 rings (SSSR count). The number of hydrogen-bond donors (Lipinski definition) is 0. The van der Waals surface area contributed by atoms with Crippen molar-refractivity contribution in [2.75, 3.05) is 6.54 Å². The molecule has 1 aliphatic heterocycles. The molecule has 1 atom stereocenters. The first-order valence-corrected chi connectivity index (χ1v) is 10.3. The van der Waals surface area contributed by atoms with Gasteiger partial charge in [-0.25, -0.2) is 4.98 Å². The topological polar surface area (TPSA) is 46.1 Å². The second-order valence-corrected chi connectivity index (χ2v) is 7.80. The van der Waals surface area contributed by atoms with Crippen molar-refractivity contribution >= 4 is 28.4 Å². The Balaban J connectivity index is 1.91. The number of carbonyl (C=O) groups excluding carboxylic acids is 1. The third kappa shape index (κ3) is 3.37. The number of aromatic nitrogens is 2. The first kappa shape index (κ1) is 18.9. The number of halogens is 1. The minimum atomic E-state index is 0.0813. The molecule has 1 aromatic carbocycles. The highest BCUT2D eigenvalue weighted by Gasteiger charge is 2.28. The highest BCUT2D eigenvalue weighted by molar-refractivity contribution is 6.32. The van der Waals surface area contributed by atoms with Crippen molar-refractivity contribution in [1.29, 1.82) is 0 Å². The molecule has 3 aromatic rings. The van der Waals surface area contributed by atoms with Crippen molar-refractivity contribution in [1.82, 2.24) is 14.9 Å². The predicted octanol–water partition coefficient (Wildman–Crippen LogP) is 5.66. The van der Waals surface area contributed by atoms with Gasteiger partial charge in [0.15, 0.2) is 0 Å². The number of hydrogen-bond acceptors (Lipinski definition) is 3. The summed E-state index contributed by atoms with van der Waals surface area (Å²) in [6, 6.07) is 11.7. The third-order valence-electron chi connectivity index (χ3n) is 5.69. The molecule has 0 spiro atoms. The molecule has 1 amide bonds. The second-order valence-electron chi connectivity index (χ2n) is 7.39. The molecule has 0 aliphatic carbocycles. The van der Waals surface area contributed by atoms with Crippen LogP contribution in [-0.2, 0) is 0 Å². The summed E-state index contributed by atoms with van der Waals surface area (Å²) in [5.41, 5.74) is 3.79. The quantitative estimate of drug-likeness (QED) is 0.576. The normalized spacial score (nSPS) is 17.1. The fourth-order valence-corrected chi connectivity index (χ4v) is 4.23. The molecule has 0 saturated carbocycles. The molecule has 2 aromatic heterocycles. The largest absolute Gasteiger partial charge is 0.336 e. The van der Waals surface area contributed by atoms with E-state index in [2.05, 4.69) is 11.9 Å². The van der Waals surface area contributed by atoms with Crippen LogP contribution in [-0.4, -0.2) is 33.4 Å². The van der Waals surface area contributed by atoms with E-state index in [0.717, 1.165) is 48.0 Å². The maximum Gasteiger partial charge on any atom is 0.254 e. The Kier molecular flexibility index (Phi) is 5.31. The van der Waals surface area contributed by atoms with Gasteiger partial charge in [-0.3, -0.25) is 9.78 Å². The SMILES string of the molecule is CC[C@@H]1CCCCN1C(=O)c1cc(-c2ccccn2)nc2c(C)c(Cl)ccc12. The lowest BCUT2D eigenvalue weighted by Gasteiger charge is -2.35. The molecule has 5 heteroatoms. The van der Waals surface area contributed by atoms with Gasteiger partial charge < -0.3 is 4.90 Å². The minimum Gasteiger partial charge on any atom is -0.336 e. The molecule has 144 valence electrons. The molecule has 1 fully saturated rings. The number of likely N-dealkylation sites (tertiary alicyclic amines) is 1. The minimum absolute atomic E-state index is 0.0813. The van der Waals surface area contributed by atoms with Crippen molar-refractivity contribution in [2.45, 2.75) is 45.6 Å². The third-order valence-corrected chi connectivity index (χ3v) is 6.09. The lowest BCUT2D eigenvalue weighted by atomic mass is 9.97. The Bertz CT molecular complexity index is 1020. The van der Waals surface area contributed by atoms with Gasteiger partial charge >= 0.3 is 0 Å². The molecule has 0 unspecified atom stereocenters. The number of aryl methyl sites for hydroxylation is 1. The molecule has 0 radical (unpaired) electrons. The van der Waals surface area contributed by atoms with E-state index in [4.69, 9.17) is 16.6 Å². The van der Waals surface area contributed by atoms with Crippen LogP contribution in [0.3, 0.4) is 0 Å². The van der Waals surface area contributed by atoms with Crippen molar-refractivity contribution in [2.24, 2.45) is 0 Å². The zero-order chi connectivity index (χ0) is 19.7. The summed E-state index contributed by atoms with van der Waals surface area (Å²) in [5.74, 6) is 0.0813. The van der Waals surface area contributed by atoms with Gasteiger partial charge in [0.2, 0.25) is 0 Å². The molecule has 1 aliphatic rings. The fourth-order valence-electron chi connectivity index (χ4n) is 4.07. The van der Waals surface area contributed by atoms with E-state index in [0.29, 0.717) is 22.3 Å². The van der Waals surface area contributed by atoms with E-state index in [1.165, 1.54) is 6.42 Å². The summed E-state index contributed by atoms with van der Waals surface area (Å²) in [4.78, 5) is 24.9. The Morgan fingerprint density at radius 3 is 2.82 bits per heavy atom. The summed E-state index contributed by atoms with van der Waals surface area (Å²) in [7, 11) is 0. The number of rotatable bonds is 3. The first-order valence-electron chi connectivity index (χ1n) is 9.92. The molecule has 28 heavy (non-hydrogen) atoms. The van der Waals surface area contributed by atoms with Crippen LogP contribution < -0.4 is 0 Å². The second kappa shape index (κ2) is 7.88. The van der Waals surface area contributed by atoms with Crippen LogP contribution in [0.25, 0.3) is 22.3 Å². The number of amides is 1. The molecular weight excluding hydrogens is 370 g/mol. The fraction of sp³-hybridized carbons (Fsp3) is 0.348. The highest BCUT2D eigenvalue weighted by atomic mass is 35.5. The van der Waals surface area contributed by atoms with E-state index in [-0.39, 0.29) is 5.91 Å². The van der Waals surface area contributed by atoms with Crippen LogP contribution in [0, 0.1) is 6.92 Å². The van der Waals surface area contributed by atoms with Crippen LogP contribution in [0.4, 0.5) is 0 Å². The van der Waals surface area contributed by atoms with Gasteiger partial charge in [-0.1, -0.05) is 30.7 Å². The molecule has 4 nitrogen and oxygen atoms in total. The Hall–Kier alpha value is -2.46. The van der Waals surface area contributed by atoms with Crippen molar-refractivity contribution < 1.29 is 4.79 Å². The van der Waals surface area contributed by atoms with Crippen LogP contribution in [0.5, 0.6) is 0 Å². The zero-order valence-electron chi connectivity index (χ0n) is 16.3. The average molecular weight is 394 g/mol. The first-order chi connectivity index (χ1) is 13.6. The summed E-state index contributed by atoms with van der Waals surface area (Å²) in [6.07, 6.45) is 6.04. The number of fused-ring (bicyclic) bond motifs is 1. The van der Waals surface area contributed by atoms with Crippen molar-refractivity contribution in [3.63, 3.8) is 0 Å². The summed E-state index contributed by atoms with van der Waals surface area (Å²) in [5, 5.41) is 1.51. The van der Waals surface area contributed by atoms with Gasteiger partial charge in [-0.2, -0.15) is 0 Å². The van der Waals surface area contributed by atoms with E-state index < -0.39 is 0 Å². The smallest absolute Gasteiger partial charge is 0.254 e. The predicted molar refractivity (Wildman–Crippen MR) is 114 cm³/mol. The van der Waals surface area contributed by atoms with Crippen molar-refractivity contribution in [3.8, 4) is 11.4 Å².